The Morgan fingerprint density at radius 2 is 2.45 bits per heavy atom. The lowest BCUT2D eigenvalue weighted by atomic mass is 10.2. The minimum Gasteiger partial charge on any atom is -0.374 e. The zero-order valence-electron chi connectivity index (χ0n) is 12.3. The number of carbonyl (C=O) groups excluding carboxylic acids is 1. The summed E-state index contributed by atoms with van der Waals surface area (Å²) < 4.78 is 7.48. The molecule has 0 aliphatic carbocycles. The number of hydrogen-bond acceptors (Lipinski definition) is 4. The number of nitrogens with one attached hydrogen (secondary N) is 2. The van der Waals surface area contributed by atoms with E-state index in [9.17, 15) is 4.79 Å². The van der Waals surface area contributed by atoms with Crippen molar-refractivity contribution in [3.8, 4) is 0 Å². The Kier molecular flexibility index (Phi) is 5.55. The molecule has 0 saturated carbocycles. The first-order chi connectivity index (χ1) is 9.65. The van der Waals surface area contributed by atoms with Crippen molar-refractivity contribution >= 4 is 5.91 Å². The topological polar surface area (TPSA) is 68.2 Å². The quantitative estimate of drug-likeness (QED) is 0.791. The van der Waals surface area contributed by atoms with Crippen molar-refractivity contribution < 1.29 is 9.53 Å². The van der Waals surface area contributed by atoms with Crippen molar-refractivity contribution in [1.29, 1.82) is 0 Å². The number of aryl methyl sites for hydroxylation is 3. The van der Waals surface area contributed by atoms with Crippen molar-refractivity contribution in [3.63, 3.8) is 0 Å². The standard InChI is InChI=1S/C14H24N4O2/c1-11-8-12(2)18(17-11)6-3-4-14(19)16-10-13-9-15-5-7-20-13/h8,13,15H,3-7,9-10H2,1-2H3,(H,16,19). The highest BCUT2D eigenvalue weighted by molar-refractivity contribution is 5.75. The molecule has 6 heteroatoms. The predicted molar refractivity (Wildman–Crippen MR) is 76.6 cm³/mol. The zero-order chi connectivity index (χ0) is 14.4. The summed E-state index contributed by atoms with van der Waals surface area (Å²) in [5, 5.41) is 10.6. The van der Waals surface area contributed by atoms with E-state index in [0.29, 0.717) is 13.0 Å². The van der Waals surface area contributed by atoms with Crippen LogP contribution in [0.2, 0.25) is 0 Å². The van der Waals surface area contributed by atoms with Gasteiger partial charge in [0.05, 0.1) is 18.4 Å². The second-order valence-electron chi connectivity index (χ2n) is 5.25. The fraction of sp³-hybridized carbons (Fsp3) is 0.714. The van der Waals surface area contributed by atoms with Gasteiger partial charge in [0.25, 0.3) is 0 Å². The number of aromatic nitrogens is 2. The lowest BCUT2D eigenvalue weighted by Gasteiger charge is -2.23. The Morgan fingerprint density at radius 3 is 3.10 bits per heavy atom. The lowest BCUT2D eigenvalue weighted by Crippen LogP contribution is -2.45. The Hall–Kier alpha value is -1.40. The monoisotopic (exact) mass is 280 g/mol. The molecular formula is C14H24N4O2. The second-order valence-corrected chi connectivity index (χ2v) is 5.25. The van der Waals surface area contributed by atoms with E-state index in [1.165, 1.54) is 0 Å². The van der Waals surface area contributed by atoms with Gasteiger partial charge in [-0.05, 0) is 26.3 Å². The summed E-state index contributed by atoms with van der Waals surface area (Å²) in [5.74, 6) is 0.0840. The van der Waals surface area contributed by atoms with Gasteiger partial charge >= 0.3 is 0 Å². The molecular weight excluding hydrogens is 256 g/mol. The molecule has 1 fully saturated rings. The summed E-state index contributed by atoms with van der Waals surface area (Å²) in [6, 6.07) is 2.05. The van der Waals surface area contributed by atoms with E-state index in [0.717, 1.165) is 44.0 Å². The molecule has 2 rings (SSSR count). The molecule has 1 amide bonds. The van der Waals surface area contributed by atoms with Gasteiger partial charge in [0.1, 0.15) is 0 Å². The maximum absolute atomic E-state index is 11.7. The largest absolute Gasteiger partial charge is 0.374 e. The van der Waals surface area contributed by atoms with E-state index < -0.39 is 0 Å². The summed E-state index contributed by atoms with van der Waals surface area (Å²) in [7, 11) is 0. The Labute approximate surface area is 119 Å². The molecule has 1 unspecified atom stereocenters. The van der Waals surface area contributed by atoms with Crippen molar-refractivity contribution in [2.45, 2.75) is 39.3 Å². The third kappa shape index (κ3) is 4.61. The highest BCUT2D eigenvalue weighted by atomic mass is 16.5. The first kappa shape index (κ1) is 15.0. The fourth-order valence-corrected chi connectivity index (χ4v) is 2.36. The van der Waals surface area contributed by atoms with Crippen LogP contribution in [-0.2, 0) is 16.1 Å². The molecule has 1 saturated heterocycles. The van der Waals surface area contributed by atoms with Crippen LogP contribution in [0.3, 0.4) is 0 Å². The van der Waals surface area contributed by atoms with Crippen LogP contribution in [-0.4, -0.2) is 48.0 Å². The molecule has 112 valence electrons. The van der Waals surface area contributed by atoms with Crippen molar-refractivity contribution in [2.24, 2.45) is 0 Å². The van der Waals surface area contributed by atoms with Gasteiger partial charge in [0.15, 0.2) is 0 Å². The first-order valence-corrected chi connectivity index (χ1v) is 7.25. The van der Waals surface area contributed by atoms with Crippen molar-refractivity contribution in [2.75, 3.05) is 26.2 Å². The minimum absolute atomic E-state index is 0.0840. The third-order valence-electron chi connectivity index (χ3n) is 3.41. The average Bonchev–Trinajstić information content (AvgIpc) is 2.76. The molecule has 1 aliphatic rings. The van der Waals surface area contributed by atoms with E-state index >= 15 is 0 Å². The van der Waals surface area contributed by atoms with Crippen LogP contribution in [0.25, 0.3) is 0 Å². The number of rotatable bonds is 6. The van der Waals surface area contributed by atoms with Gasteiger partial charge in [-0.3, -0.25) is 9.48 Å². The van der Waals surface area contributed by atoms with Gasteiger partial charge in [0.2, 0.25) is 5.91 Å². The van der Waals surface area contributed by atoms with Crippen LogP contribution in [0, 0.1) is 13.8 Å². The molecule has 2 N–H and O–H groups in total. The summed E-state index contributed by atoms with van der Waals surface area (Å²) in [4.78, 5) is 11.7. The van der Waals surface area contributed by atoms with Gasteiger partial charge in [0, 0.05) is 38.3 Å². The first-order valence-electron chi connectivity index (χ1n) is 7.25. The van der Waals surface area contributed by atoms with E-state index in [-0.39, 0.29) is 12.0 Å². The fourth-order valence-electron chi connectivity index (χ4n) is 2.36. The van der Waals surface area contributed by atoms with Gasteiger partial charge in [-0.2, -0.15) is 5.10 Å². The summed E-state index contributed by atoms with van der Waals surface area (Å²) in [6.07, 6.45) is 1.43. The van der Waals surface area contributed by atoms with E-state index in [4.69, 9.17) is 4.74 Å². The minimum atomic E-state index is 0.0840. The lowest BCUT2D eigenvalue weighted by molar-refractivity contribution is -0.122. The zero-order valence-corrected chi connectivity index (χ0v) is 12.3. The number of morpholine rings is 1. The van der Waals surface area contributed by atoms with Crippen LogP contribution in [0.4, 0.5) is 0 Å². The molecule has 0 radical (unpaired) electrons. The van der Waals surface area contributed by atoms with E-state index in [2.05, 4.69) is 15.7 Å². The summed E-state index contributed by atoms with van der Waals surface area (Å²) >= 11 is 0. The van der Waals surface area contributed by atoms with E-state index in [1.807, 2.05) is 24.6 Å². The molecule has 0 bridgehead atoms. The van der Waals surface area contributed by atoms with E-state index in [1.54, 1.807) is 0 Å². The predicted octanol–water partition coefficient (Wildman–Crippen LogP) is 0.385. The molecule has 1 aromatic heterocycles. The third-order valence-corrected chi connectivity index (χ3v) is 3.41. The molecule has 1 atom stereocenters. The normalized spacial score (nSPS) is 19.0. The summed E-state index contributed by atoms with van der Waals surface area (Å²) in [6.45, 7) is 7.82. The Balaban J connectivity index is 1.61. The number of carbonyl (C=O) groups is 1. The molecule has 20 heavy (non-hydrogen) atoms. The van der Waals surface area contributed by atoms with Gasteiger partial charge in [-0.1, -0.05) is 0 Å². The molecule has 6 nitrogen and oxygen atoms in total. The number of hydrogen-bond donors (Lipinski definition) is 2. The number of ether oxygens (including phenoxy) is 1. The molecule has 1 aromatic rings. The van der Waals surface area contributed by atoms with Crippen LogP contribution in [0.15, 0.2) is 6.07 Å². The molecule has 2 heterocycles. The molecule has 0 aromatic carbocycles. The SMILES string of the molecule is Cc1cc(C)n(CCCC(=O)NCC2CNCCO2)n1. The van der Waals surface area contributed by atoms with Crippen LogP contribution >= 0.6 is 0 Å². The van der Waals surface area contributed by atoms with Gasteiger partial charge < -0.3 is 15.4 Å². The number of amides is 1. The maximum Gasteiger partial charge on any atom is 0.220 e. The van der Waals surface area contributed by atoms with Crippen LogP contribution < -0.4 is 10.6 Å². The summed E-state index contributed by atoms with van der Waals surface area (Å²) in [5.41, 5.74) is 2.17. The smallest absolute Gasteiger partial charge is 0.220 e. The highest BCUT2D eigenvalue weighted by Crippen LogP contribution is 2.04. The average molecular weight is 280 g/mol. The van der Waals surface area contributed by atoms with Gasteiger partial charge in [-0.15, -0.1) is 0 Å². The Bertz CT molecular complexity index is 438. The molecule has 0 spiro atoms. The molecule has 1 aliphatic heterocycles. The van der Waals surface area contributed by atoms with Crippen LogP contribution in [0.1, 0.15) is 24.2 Å². The van der Waals surface area contributed by atoms with Gasteiger partial charge in [-0.25, -0.2) is 0 Å². The number of nitrogens with zero attached hydrogens (tertiary/aromatic N) is 2. The second kappa shape index (κ2) is 7.40. The maximum atomic E-state index is 11.7. The van der Waals surface area contributed by atoms with Crippen LogP contribution in [0.5, 0.6) is 0 Å². The Morgan fingerprint density at radius 1 is 1.60 bits per heavy atom. The van der Waals surface area contributed by atoms with Crippen molar-refractivity contribution in [1.82, 2.24) is 20.4 Å². The van der Waals surface area contributed by atoms with Crippen molar-refractivity contribution in [3.05, 3.63) is 17.5 Å². The highest BCUT2D eigenvalue weighted by Gasteiger charge is 2.14.